The predicted octanol–water partition coefficient (Wildman–Crippen LogP) is 3.11. The summed E-state index contributed by atoms with van der Waals surface area (Å²) in [6.45, 7) is 5.26. The van der Waals surface area contributed by atoms with E-state index in [0.717, 1.165) is 29.7 Å². The lowest BCUT2D eigenvalue weighted by Gasteiger charge is -2.19. The summed E-state index contributed by atoms with van der Waals surface area (Å²) in [7, 11) is 0. The van der Waals surface area contributed by atoms with Crippen molar-refractivity contribution in [3.05, 3.63) is 52.0 Å². The van der Waals surface area contributed by atoms with Gasteiger partial charge in [0.15, 0.2) is 0 Å². The first-order chi connectivity index (χ1) is 9.65. The second kappa shape index (κ2) is 7.02. The van der Waals surface area contributed by atoms with Crippen LogP contribution in [-0.4, -0.2) is 9.55 Å². The van der Waals surface area contributed by atoms with Gasteiger partial charge in [-0.25, -0.2) is 4.98 Å². The van der Waals surface area contributed by atoms with E-state index in [2.05, 4.69) is 56.9 Å². The predicted molar refractivity (Wildman–Crippen MR) is 85.2 cm³/mol. The van der Waals surface area contributed by atoms with Gasteiger partial charge in [0.25, 0.3) is 0 Å². The van der Waals surface area contributed by atoms with Gasteiger partial charge < -0.3 is 4.57 Å². The van der Waals surface area contributed by atoms with Crippen molar-refractivity contribution in [1.29, 1.82) is 0 Å². The van der Waals surface area contributed by atoms with Crippen molar-refractivity contribution < 1.29 is 0 Å². The largest absolute Gasteiger partial charge is 0.335 e. The van der Waals surface area contributed by atoms with Gasteiger partial charge in [0.05, 0.1) is 6.04 Å². The number of aromatic nitrogens is 2. The maximum Gasteiger partial charge on any atom is 0.110 e. The van der Waals surface area contributed by atoms with Crippen LogP contribution in [0.1, 0.15) is 36.3 Å². The standard InChI is InChI=1S/C15H21BrN4/c1-3-7-20-8-6-18-15(20)10-14(19-17)13-9-12(16)5-4-11(13)2/h4-6,8-9,14,19H,3,7,10,17H2,1-2H3. The zero-order valence-corrected chi connectivity index (χ0v) is 13.5. The molecule has 5 heteroatoms. The van der Waals surface area contributed by atoms with Gasteiger partial charge in [-0.1, -0.05) is 28.9 Å². The fourth-order valence-corrected chi connectivity index (χ4v) is 2.78. The number of nitrogens with zero attached hydrogens (tertiary/aromatic N) is 2. The highest BCUT2D eigenvalue weighted by molar-refractivity contribution is 9.10. The van der Waals surface area contributed by atoms with Crippen molar-refractivity contribution in [3.63, 3.8) is 0 Å². The second-order valence-electron chi connectivity index (χ2n) is 4.96. The third-order valence-electron chi connectivity index (χ3n) is 3.47. The second-order valence-corrected chi connectivity index (χ2v) is 5.88. The molecule has 3 N–H and O–H groups in total. The smallest absolute Gasteiger partial charge is 0.110 e. The lowest BCUT2D eigenvalue weighted by molar-refractivity contribution is 0.515. The Balaban J connectivity index is 2.24. The summed E-state index contributed by atoms with van der Waals surface area (Å²) >= 11 is 3.52. The molecule has 2 rings (SSSR count). The molecule has 1 aromatic carbocycles. The number of imidazole rings is 1. The summed E-state index contributed by atoms with van der Waals surface area (Å²) in [6, 6.07) is 6.32. The van der Waals surface area contributed by atoms with E-state index in [1.54, 1.807) is 0 Å². The van der Waals surface area contributed by atoms with E-state index in [1.165, 1.54) is 11.1 Å². The van der Waals surface area contributed by atoms with E-state index in [1.807, 2.05) is 18.5 Å². The highest BCUT2D eigenvalue weighted by Gasteiger charge is 2.16. The van der Waals surface area contributed by atoms with E-state index >= 15 is 0 Å². The first kappa shape index (κ1) is 15.2. The van der Waals surface area contributed by atoms with Crippen LogP contribution in [0.3, 0.4) is 0 Å². The monoisotopic (exact) mass is 336 g/mol. The fourth-order valence-electron chi connectivity index (χ4n) is 2.40. The van der Waals surface area contributed by atoms with Crippen molar-refractivity contribution in [3.8, 4) is 0 Å². The summed E-state index contributed by atoms with van der Waals surface area (Å²) in [5.74, 6) is 6.83. The molecule has 0 spiro atoms. The summed E-state index contributed by atoms with van der Waals surface area (Å²) in [5.41, 5.74) is 5.35. The lowest BCUT2D eigenvalue weighted by Crippen LogP contribution is -2.31. The van der Waals surface area contributed by atoms with Gasteiger partial charge in [-0.3, -0.25) is 11.3 Å². The minimum absolute atomic E-state index is 0.0607. The number of nitrogens with one attached hydrogen (secondary N) is 1. The number of benzene rings is 1. The van der Waals surface area contributed by atoms with Crippen LogP contribution in [0, 0.1) is 6.92 Å². The number of hydrogen-bond donors (Lipinski definition) is 2. The fraction of sp³-hybridized carbons (Fsp3) is 0.400. The van der Waals surface area contributed by atoms with E-state index in [0.29, 0.717) is 0 Å². The van der Waals surface area contributed by atoms with Crippen LogP contribution in [0.25, 0.3) is 0 Å². The number of aryl methyl sites for hydroxylation is 2. The van der Waals surface area contributed by atoms with Gasteiger partial charge in [-0.2, -0.15) is 0 Å². The molecule has 0 radical (unpaired) electrons. The quantitative estimate of drug-likeness (QED) is 0.629. The lowest BCUT2D eigenvalue weighted by atomic mass is 9.99. The van der Waals surface area contributed by atoms with E-state index in [-0.39, 0.29) is 6.04 Å². The zero-order chi connectivity index (χ0) is 14.5. The van der Waals surface area contributed by atoms with E-state index < -0.39 is 0 Å². The Labute approximate surface area is 128 Å². The Morgan fingerprint density at radius 3 is 2.95 bits per heavy atom. The highest BCUT2D eigenvalue weighted by atomic mass is 79.9. The molecule has 4 nitrogen and oxygen atoms in total. The molecule has 0 saturated carbocycles. The number of halogens is 1. The number of nitrogens with two attached hydrogens (primary N) is 1. The van der Waals surface area contributed by atoms with Crippen LogP contribution in [0.5, 0.6) is 0 Å². The summed E-state index contributed by atoms with van der Waals surface area (Å²) in [5, 5.41) is 0. The minimum Gasteiger partial charge on any atom is -0.335 e. The van der Waals surface area contributed by atoms with E-state index in [9.17, 15) is 0 Å². The van der Waals surface area contributed by atoms with Crippen molar-refractivity contribution in [2.24, 2.45) is 5.84 Å². The molecule has 1 unspecified atom stereocenters. The van der Waals surface area contributed by atoms with Crippen molar-refractivity contribution >= 4 is 15.9 Å². The van der Waals surface area contributed by atoms with Crippen LogP contribution in [0.2, 0.25) is 0 Å². The molecule has 20 heavy (non-hydrogen) atoms. The molecule has 1 aromatic heterocycles. The van der Waals surface area contributed by atoms with Crippen molar-refractivity contribution in [2.45, 2.75) is 39.3 Å². The van der Waals surface area contributed by atoms with Gasteiger partial charge in [0, 0.05) is 29.8 Å². The van der Waals surface area contributed by atoms with Crippen LogP contribution in [-0.2, 0) is 13.0 Å². The number of hydrazine groups is 1. The van der Waals surface area contributed by atoms with Crippen molar-refractivity contribution in [2.75, 3.05) is 0 Å². The van der Waals surface area contributed by atoms with Crippen LogP contribution in [0.4, 0.5) is 0 Å². The summed E-state index contributed by atoms with van der Waals surface area (Å²) in [6.07, 6.45) is 5.76. The van der Waals surface area contributed by atoms with Gasteiger partial charge in [0.2, 0.25) is 0 Å². The molecule has 1 atom stereocenters. The third-order valence-corrected chi connectivity index (χ3v) is 3.96. The first-order valence-corrected chi connectivity index (χ1v) is 7.67. The van der Waals surface area contributed by atoms with Gasteiger partial charge in [-0.15, -0.1) is 0 Å². The Morgan fingerprint density at radius 1 is 1.45 bits per heavy atom. The molecule has 0 aliphatic carbocycles. The Hall–Kier alpha value is -1.17. The summed E-state index contributed by atoms with van der Waals surface area (Å²) in [4.78, 5) is 4.46. The Bertz CT molecular complexity index is 565. The third kappa shape index (κ3) is 3.48. The molecule has 108 valence electrons. The number of rotatable bonds is 6. The molecular weight excluding hydrogens is 316 g/mol. The number of hydrogen-bond acceptors (Lipinski definition) is 3. The molecule has 2 aromatic rings. The van der Waals surface area contributed by atoms with Gasteiger partial charge in [-0.05, 0) is 36.6 Å². The molecule has 0 bridgehead atoms. The minimum atomic E-state index is 0.0607. The molecule has 1 heterocycles. The zero-order valence-electron chi connectivity index (χ0n) is 11.9. The van der Waals surface area contributed by atoms with Gasteiger partial charge in [0.1, 0.15) is 5.82 Å². The average Bonchev–Trinajstić information content (AvgIpc) is 2.87. The molecule has 0 aliphatic heterocycles. The van der Waals surface area contributed by atoms with Crippen molar-refractivity contribution in [1.82, 2.24) is 15.0 Å². The topological polar surface area (TPSA) is 55.9 Å². The van der Waals surface area contributed by atoms with E-state index in [4.69, 9.17) is 5.84 Å². The molecule has 0 aliphatic rings. The van der Waals surface area contributed by atoms with Gasteiger partial charge >= 0.3 is 0 Å². The molecule has 0 amide bonds. The molecule has 0 saturated heterocycles. The Morgan fingerprint density at radius 2 is 2.25 bits per heavy atom. The maximum atomic E-state index is 5.76. The maximum absolute atomic E-state index is 5.76. The summed E-state index contributed by atoms with van der Waals surface area (Å²) < 4.78 is 3.26. The molecule has 0 fully saturated rings. The van der Waals surface area contributed by atoms with Crippen LogP contribution < -0.4 is 11.3 Å². The Kier molecular flexibility index (Phi) is 5.34. The normalized spacial score (nSPS) is 12.6. The van der Waals surface area contributed by atoms with Crippen LogP contribution >= 0.6 is 15.9 Å². The average molecular weight is 337 g/mol. The highest BCUT2D eigenvalue weighted by Crippen LogP contribution is 2.24. The first-order valence-electron chi connectivity index (χ1n) is 6.88. The van der Waals surface area contributed by atoms with Crippen LogP contribution in [0.15, 0.2) is 35.1 Å². The SMILES string of the molecule is CCCn1ccnc1CC(NN)c1cc(Br)ccc1C. The molecular formula is C15H21BrN4.